The molecule has 0 aliphatic heterocycles. The van der Waals surface area contributed by atoms with Crippen LogP contribution < -0.4 is 5.32 Å². The van der Waals surface area contributed by atoms with Gasteiger partial charge in [0.15, 0.2) is 0 Å². The van der Waals surface area contributed by atoms with Crippen molar-refractivity contribution in [1.29, 1.82) is 0 Å². The number of nitrogens with one attached hydrogen (secondary N) is 1. The molecule has 1 N–H and O–H groups in total. The first kappa shape index (κ1) is 17.2. The molecule has 0 saturated heterocycles. The molecule has 1 aromatic carbocycles. The SMILES string of the molecule is CCCNCCC(C)(C)c1ccc(C(C)(C)CC)cc1. The van der Waals surface area contributed by atoms with E-state index in [1.165, 1.54) is 30.4 Å². The third kappa shape index (κ3) is 4.63. The summed E-state index contributed by atoms with van der Waals surface area (Å²) < 4.78 is 0. The Morgan fingerprint density at radius 3 is 1.75 bits per heavy atom. The third-order valence-electron chi connectivity index (χ3n) is 4.69. The third-order valence-corrected chi connectivity index (χ3v) is 4.69. The number of rotatable bonds is 8. The van der Waals surface area contributed by atoms with Crippen LogP contribution in [-0.4, -0.2) is 13.1 Å². The van der Waals surface area contributed by atoms with Crippen molar-refractivity contribution in [3.8, 4) is 0 Å². The highest BCUT2D eigenvalue weighted by Crippen LogP contribution is 2.31. The summed E-state index contributed by atoms with van der Waals surface area (Å²) in [6, 6.07) is 9.29. The summed E-state index contributed by atoms with van der Waals surface area (Å²) in [5, 5.41) is 3.51. The van der Waals surface area contributed by atoms with E-state index in [1.54, 1.807) is 0 Å². The van der Waals surface area contributed by atoms with Crippen molar-refractivity contribution in [3.05, 3.63) is 35.4 Å². The van der Waals surface area contributed by atoms with Gasteiger partial charge in [0.05, 0.1) is 0 Å². The molecule has 0 atom stereocenters. The fourth-order valence-electron chi connectivity index (χ4n) is 2.42. The molecule has 0 aliphatic rings. The van der Waals surface area contributed by atoms with Crippen LogP contribution in [0.3, 0.4) is 0 Å². The van der Waals surface area contributed by atoms with Gasteiger partial charge in [-0.1, -0.05) is 65.8 Å². The molecule has 0 aliphatic carbocycles. The van der Waals surface area contributed by atoms with E-state index in [9.17, 15) is 0 Å². The zero-order valence-electron chi connectivity index (χ0n) is 14.3. The van der Waals surface area contributed by atoms with Crippen LogP contribution >= 0.6 is 0 Å². The maximum atomic E-state index is 3.51. The Labute approximate surface area is 126 Å². The van der Waals surface area contributed by atoms with E-state index in [-0.39, 0.29) is 10.8 Å². The normalized spacial score (nSPS) is 12.7. The topological polar surface area (TPSA) is 12.0 Å². The Balaban J connectivity index is 2.71. The first-order chi connectivity index (χ1) is 9.33. The molecule has 0 fully saturated rings. The van der Waals surface area contributed by atoms with Crippen molar-refractivity contribution in [2.75, 3.05) is 13.1 Å². The summed E-state index contributed by atoms with van der Waals surface area (Å²) in [5.41, 5.74) is 3.43. The van der Waals surface area contributed by atoms with Crippen molar-refractivity contribution in [3.63, 3.8) is 0 Å². The van der Waals surface area contributed by atoms with E-state index in [2.05, 4.69) is 71.1 Å². The quantitative estimate of drug-likeness (QED) is 0.655. The van der Waals surface area contributed by atoms with Crippen LogP contribution in [0.5, 0.6) is 0 Å². The maximum absolute atomic E-state index is 3.51. The Morgan fingerprint density at radius 2 is 1.30 bits per heavy atom. The second-order valence-corrected chi connectivity index (χ2v) is 7.20. The molecule has 0 spiro atoms. The Kier molecular flexibility index (Phi) is 6.26. The minimum Gasteiger partial charge on any atom is -0.317 e. The van der Waals surface area contributed by atoms with Gasteiger partial charge < -0.3 is 5.32 Å². The Hall–Kier alpha value is -0.820. The van der Waals surface area contributed by atoms with Gasteiger partial charge in [0.25, 0.3) is 0 Å². The number of hydrogen-bond acceptors (Lipinski definition) is 1. The molecule has 0 aromatic heterocycles. The van der Waals surface area contributed by atoms with Crippen LogP contribution in [-0.2, 0) is 10.8 Å². The Bertz CT molecular complexity index is 387. The lowest BCUT2D eigenvalue weighted by molar-refractivity contribution is 0.456. The van der Waals surface area contributed by atoms with Crippen LogP contribution in [0.4, 0.5) is 0 Å². The van der Waals surface area contributed by atoms with Crippen LogP contribution in [0.2, 0.25) is 0 Å². The van der Waals surface area contributed by atoms with Crippen LogP contribution in [0, 0.1) is 0 Å². The fourth-order valence-corrected chi connectivity index (χ4v) is 2.42. The average molecular weight is 275 g/mol. The number of hydrogen-bond donors (Lipinski definition) is 1. The molecule has 1 heteroatoms. The predicted molar refractivity (Wildman–Crippen MR) is 90.6 cm³/mol. The van der Waals surface area contributed by atoms with Gasteiger partial charge in [-0.3, -0.25) is 0 Å². The van der Waals surface area contributed by atoms with Gasteiger partial charge in [-0.25, -0.2) is 0 Å². The average Bonchev–Trinajstić information content (AvgIpc) is 2.44. The molecule has 0 heterocycles. The highest BCUT2D eigenvalue weighted by Gasteiger charge is 2.22. The van der Waals surface area contributed by atoms with E-state index >= 15 is 0 Å². The van der Waals surface area contributed by atoms with Crippen LogP contribution in [0.1, 0.15) is 71.9 Å². The standard InChI is InChI=1S/C19H33N/c1-7-14-20-15-13-19(5,6)17-11-9-16(10-12-17)18(3,4)8-2/h9-12,20H,7-8,13-15H2,1-6H3. The van der Waals surface area contributed by atoms with Gasteiger partial charge in [-0.05, 0) is 54.3 Å². The highest BCUT2D eigenvalue weighted by molar-refractivity contribution is 5.31. The first-order valence-corrected chi connectivity index (χ1v) is 8.15. The van der Waals surface area contributed by atoms with E-state index in [0.717, 1.165) is 13.1 Å². The van der Waals surface area contributed by atoms with Gasteiger partial charge in [-0.15, -0.1) is 0 Å². The van der Waals surface area contributed by atoms with Gasteiger partial charge in [0.1, 0.15) is 0 Å². The van der Waals surface area contributed by atoms with Crippen molar-refractivity contribution in [2.24, 2.45) is 0 Å². The molecular formula is C19H33N. The Morgan fingerprint density at radius 1 is 0.800 bits per heavy atom. The summed E-state index contributed by atoms with van der Waals surface area (Å²) in [7, 11) is 0. The maximum Gasteiger partial charge on any atom is -0.00406 e. The smallest absolute Gasteiger partial charge is 0.00406 e. The lowest BCUT2D eigenvalue weighted by Gasteiger charge is -2.28. The minimum absolute atomic E-state index is 0.246. The van der Waals surface area contributed by atoms with Gasteiger partial charge >= 0.3 is 0 Å². The predicted octanol–water partition coefficient (Wildman–Crippen LogP) is 5.04. The lowest BCUT2D eigenvalue weighted by atomic mass is 9.78. The molecule has 0 bridgehead atoms. The summed E-state index contributed by atoms with van der Waals surface area (Å²) in [6.45, 7) is 16.0. The van der Waals surface area contributed by atoms with Gasteiger partial charge in [0, 0.05) is 0 Å². The van der Waals surface area contributed by atoms with Crippen LogP contribution in [0.15, 0.2) is 24.3 Å². The van der Waals surface area contributed by atoms with E-state index in [1.807, 2.05) is 0 Å². The summed E-state index contributed by atoms with van der Waals surface area (Å²) in [4.78, 5) is 0. The summed E-state index contributed by atoms with van der Waals surface area (Å²) in [6.07, 6.45) is 3.57. The summed E-state index contributed by atoms with van der Waals surface area (Å²) in [5.74, 6) is 0. The second-order valence-electron chi connectivity index (χ2n) is 7.20. The molecule has 0 saturated carbocycles. The molecule has 114 valence electrons. The number of benzene rings is 1. The van der Waals surface area contributed by atoms with Gasteiger partial charge in [0.2, 0.25) is 0 Å². The molecule has 20 heavy (non-hydrogen) atoms. The molecule has 1 rings (SSSR count). The van der Waals surface area contributed by atoms with Crippen molar-refractivity contribution >= 4 is 0 Å². The second kappa shape index (κ2) is 7.26. The molecule has 0 unspecified atom stereocenters. The van der Waals surface area contributed by atoms with E-state index in [4.69, 9.17) is 0 Å². The first-order valence-electron chi connectivity index (χ1n) is 8.15. The highest BCUT2D eigenvalue weighted by atomic mass is 14.8. The minimum atomic E-state index is 0.246. The monoisotopic (exact) mass is 275 g/mol. The largest absolute Gasteiger partial charge is 0.317 e. The van der Waals surface area contributed by atoms with Crippen molar-refractivity contribution in [2.45, 2.75) is 71.6 Å². The molecule has 1 aromatic rings. The lowest BCUT2D eigenvalue weighted by Crippen LogP contribution is -2.26. The fraction of sp³-hybridized carbons (Fsp3) is 0.684. The zero-order chi connectivity index (χ0) is 15.2. The molecule has 0 amide bonds. The zero-order valence-corrected chi connectivity index (χ0v) is 14.3. The van der Waals surface area contributed by atoms with Gasteiger partial charge in [-0.2, -0.15) is 0 Å². The van der Waals surface area contributed by atoms with Crippen molar-refractivity contribution in [1.82, 2.24) is 5.32 Å². The molecular weight excluding hydrogens is 242 g/mol. The van der Waals surface area contributed by atoms with Crippen LogP contribution in [0.25, 0.3) is 0 Å². The molecule has 0 radical (unpaired) electrons. The van der Waals surface area contributed by atoms with E-state index in [0.29, 0.717) is 0 Å². The molecule has 1 nitrogen and oxygen atoms in total. The van der Waals surface area contributed by atoms with Crippen molar-refractivity contribution < 1.29 is 0 Å². The summed E-state index contributed by atoms with van der Waals surface area (Å²) >= 11 is 0. The van der Waals surface area contributed by atoms with E-state index < -0.39 is 0 Å².